The highest BCUT2D eigenvalue weighted by atomic mass is 16.6. The highest BCUT2D eigenvalue weighted by Gasteiger charge is 2.30. The number of fused-ring (bicyclic) bond motifs is 2. The summed E-state index contributed by atoms with van der Waals surface area (Å²) in [6.07, 6.45) is 6.32. The van der Waals surface area contributed by atoms with Crippen molar-refractivity contribution in [1.82, 2.24) is 0 Å². The number of aliphatic hydroxyl groups excluding tert-OH is 1. The van der Waals surface area contributed by atoms with E-state index >= 15 is 0 Å². The van der Waals surface area contributed by atoms with E-state index in [-0.39, 0.29) is 41.5 Å². The number of phenolic OH excluding ortho intramolecular Hbond substituents is 2. The predicted molar refractivity (Wildman–Crippen MR) is 172 cm³/mol. The lowest BCUT2D eigenvalue weighted by Crippen LogP contribution is -2.78. The fourth-order valence-corrected chi connectivity index (χ4v) is 5.12. The molecule has 256 valence electrons. The molecule has 11 N–H and O–H groups in total. The molecule has 6 atom stereocenters. The van der Waals surface area contributed by atoms with Crippen LogP contribution < -0.4 is 27.2 Å². The number of aliphatic carboxylic acids is 1. The fraction of sp³-hybridized carbons (Fsp3) is 0.485. The van der Waals surface area contributed by atoms with E-state index in [0.717, 1.165) is 0 Å². The third-order valence-electron chi connectivity index (χ3n) is 7.59. The number of methoxy groups -OCH3 is 1. The van der Waals surface area contributed by atoms with Crippen molar-refractivity contribution < 1.29 is 55.3 Å². The Labute approximate surface area is 270 Å². The first-order valence-electron chi connectivity index (χ1n) is 15.1. The molecule has 0 saturated carbocycles. The summed E-state index contributed by atoms with van der Waals surface area (Å²) in [5, 5.41) is 47.0. The van der Waals surface area contributed by atoms with Crippen LogP contribution in [0, 0.1) is 17.8 Å². The first kappa shape index (κ1) is 39.9. The number of anilines is 1. The van der Waals surface area contributed by atoms with Crippen molar-refractivity contribution in [3.8, 4) is 11.5 Å². The largest absolute Gasteiger partial charge is 0.544 e. The average Bonchev–Trinajstić information content (AvgIpc) is 2.99. The number of ether oxygens (including phenoxy) is 2. The highest BCUT2D eigenvalue weighted by Crippen LogP contribution is 2.40. The van der Waals surface area contributed by atoms with Gasteiger partial charge in [-0.1, -0.05) is 51.7 Å². The molecule has 13 heteroatoms. The van der Waals surface area contributed by atoms with Crippen LogP contribution >= 0.6 is 0 Å². The standard InChI is InChI=1S/C31H45N3O7.C2H5NO2/c1-8-12-33-26-22-13-17(2)14-25(40-7)27(36)20(5)15-21(6)29(41-31(32)39)18(3)10-9-11-19(4)30(38)34-23(28(22)37)16-24(26)35;3-1-2(4)5/h8-11,15-18,20,25,27,29,33,35-37H,1,12-14H2,2-7H3,(H2,32,39)(H,34,38);1,3H2,(H,4,5)/p+1/b10-9-,19-11+,21-15+;/t17-,18+,20+,25+,27-,29-;/m1./s1. The number of phenols is 2. The molecule has 1 aromatic rings. The van der Waals surface area contributed by atoms with Gasteiger partial charge in [0.1, 0.15) is 18.4 Å². The highest BCUT2D eigenvalue weighted by molar-refractivity contribution is 6.04. The predicted octanol–water partition coefficient (Wildman–Crippen LogP) is 0.539. The quantitative estimate of drug-likeness (QED) is 0.0986. The number of carbonyl (C=O) groups excluding carboxylic acids is 3. The van der Waals surface area contributed by atoms with Crippen LogP contribution in [0.5, 0.6) is 11.5 Å². The van der Waals surface area contributed by atoms with E-state index in [9.17, 15) is 34.8 Å². The second-order valence-electron chi connectivity index (χ2n) is 11.5. The summed E-state index contributed by atoms with van der Waals surface area (Å²) >= 11 is 0. The summed E-state index contributed by atoms with van der Waals surface area (Å²) < 4.78 is 11.1. The Morgan fingerprint density at radius 2 is 1.87 bits per heavy atom. The molecule has 0 unspecified atom stereocenters. The maximum Gasteiger partial charge on any atom is 0.405 e. The lowest BCUT2D eigenvalue weighted by atomic mass is 9.87. The lowest BCUT2D eigenvalue weighted by Gasteiger charge is -2.29. The molecule has 2 bridgehead atoms. The van der Waals surface area contributed by atoms with Crippen LogP contribution in [0.15, 0.2) is 54.2 Å². The third-order valence-corrected chi connectivity index (χ3v) is 7.59. The first-order valence-corrected chi connectivity index (χ1v) is 15.1. The minimum absolute atomic E-state index is 0.0820. The normalized spacial score (nSPS) is 27.3. The Morgan fingerprint density at radius 3 is 2.41 bits per heavy atom. The number of nitrogens with two attached hydrogens (primary N) is 2. The number of amides is 2. The molecule has 1 aromatic carbocycles. The van der Waals surface area contributed by atoms with E-state index < -0.39 is 36.3 Å². The van der Waals surface area contributed by atoms with Gasteiger partial charge >= 0.3 is 6.09 Å². The fourth-order valence-electron chi connectivity index (χ4n) is 5.12. The monoisotopic (exact) mass is 647 g/mol. The van der Waals surface area contributed by atoms with E-state index in [1.54, 1.807) is 36.5 Å². The van der Waals surface area contributed by atoms with Crippen molar-refractivity contribution in [3.63, 3.8) is 0 Å². The van der Waals surface area contributed by atoms with Crippen LogP contribution in [0.25, 0.3) is 0 Å². The number of rotatable bonds is 6. The Balaban J connectivity index is 0.00000195. The number of carbonyl (C=O) groups is 3. The molecule has 1 heterocycles. The van der Waals surface area contributed by atoms with Gasteiger partial charge in [-0.3, -0.25) is 4.79 Å². The van der Waals surface area contributed by atoms with Gasteiger partial charge in [-0.25, -0.2) is 4.79 Å². The molecule has 0 radical (unpaired) electrons. The van der Waals surface area contributed by atoms with Gasteiger partial charge in [0.25, 0.3) is 5.91 Å². The molecule has 1 aliphatic rings. The first-order chi connectivity index (χ1) is 21.6. The van der Waals surface area contributed by atoms with Crippen LogP contribution in [0.3, 0.4) is 0 Å². The molecule has 46 heavy (non-hydrogen) atoms. The second kappa shape index (κ2) is 19.4. The van der Waals surface area contributed by atoms with Crippen LogP contribution in [0.4, 0.5) is 16.2 Å². The zero-order valence-corrected chi connectivity index (χ0v) is 27.6. The topological polar surface area (TPSA) is 236 Å². The van der Waals surface area contributed by atoms with Crippen molar-refractivity contribution in [3.05, 3.63) is 59.7 Å². The van der Waals surface area contributed by atoms with Crippen molar-refractivity contribution in [2.45, 2.75) is 65.8 Å². The number of carboxylic acids is 1. The second-order valence-corrected chi connectivity index (χ2v) is 11.5. The number of aliphatic hydroxyl groups is 1. The van der Waals surface area contributed by atoms with Crippen LogP contribution in [0.2, 0.25) is 0 Å². The molecule has 2 rings (SSSR count). The maximum atomic E-state index is 13.0. The molecule has 0 saturated heterocycles. The smallest absolute Gasteiger partial charge is 0.405 e. The molecule has 0 aliphatic carbocycles. The van der Waals surface area contributed by atoms with Gasteiger partial charge in [0.15, 0.2) is 11.4 Å². The molecular weight excluding hydrogens is 596 g/mol. The summed E-state index contributed by atoms with van der Waals surface area (Å²) in [6.45, 7) is 13.2. The summed E-state index contributed by atoms with van der Waals surface area (Å²) in [7, 11) is 1.53. The van der Waals surface area contributed by atoms with Crippen molar-refractivity contribution in [2.75, 3.05) is 25.5 Å². The van der Waals surface area contributed by atoms with E-state index in [0.29, 0.717) is 41.8 Å². The maximum absolute atomic E-state index is 13.0. The molecule has 1 aliphatic heterocycles. The minimum Gasteiger partial charge on any atom is -0.544 e. The number of benzene rings is 1. The summed E-state index contributed by atoms with van der Waals surface area (Å²) in [4.78, 5) is 33.8. The third kappa shape index (κ3) is 12.3. The van der Waals surface area contributed by atoms with Crippen molar-refractivity contribution in [2.24, 2.45) is 23.5 Å². The Hall–Kier alpha value is -4.17. The number of hydrogen-bond acceptors (Lipinski definition) is 9. The van der Waals surface area contributed by atoms with Gasteiger partial charge in [0, 0.05) is 30.6 Å². The summed E-state index contributed by atoms with van der Waals surface area (Å²) in [5.41, 5.74) is 10.5. The van der Waals surface area contributed by atoms with Crippen LogP contribution in [-0.2, 0) is 25.5 Å². The number of carboxylic acid groups (broad SMARTS) is 1. The van der Waals surface area contributed by atoms with E-state index in [2.05, 4.69) is 17.6 Å². The number of quaternary nitrogens is 2. The SMILES string of the molecule is C=CC[NH2+]c1c(O)cc2c(O)c1C[C@@H](C)C[C@H](OC)[C@H](O)[C@@H](C)/C=C(\C)[C@H](OC(N)=O)[C@@H](C)/C=C\C=C(/C)C(=O)N2.[NH3+]CC(=O)[O-]. The Bertz CT molecular complexity index is 1310. The van der Waals surface area contributed by atoms with E-state index in [1.165, 1.54) is 13.2 Å². The average molecular weight is 648 g/mol. The van der Waals surface area contributed by atoms with E-state index in [1.807, 2.05) is 33.8 Å². The van der Waals surface area contributed by atoms with Crippen molar-refractivity contribution >= 4 is 29.3 Å². The van der Waals surface area contributed by atoms with E-state index in [4.69, 9.17) is 15.2 Å². The number of hydrogen-bond donors (Lipinski definition) is 7. The number of primary amides is 1. The van der Waals surface area contributed by atoms with Gasteiger partial charge in [0.2, 0.25) is 0 Å². The molecule has 0 spiro atoms. The molecule has 0 aromatic heterocycles. The zero-order valence-electron chi connectivity index (χ0n) is 27.6. The molecule has 13 nitrogen and oxygen atoms in total. The van der Waals surface area contributed by atoms with Gasteiger partial charge in [-0.2, -0.15) is 0 Å². The minimum atomic E-state index is -1.11. The van der Waals surface area contributed by atoms with Gasteiger partial charge < -0.3 is 56.8 Å². The number of nitrogens with one attached hydrogen (secondary N) is 1. The van der Waals surface area contributed by atoms with Gasteiger partial charge in [0.05, 0.1) is 36.0 Å². The molecular formula is C33H51N4O9+. The lowest BCUT2D eigenvalue weighted by molar-refractivity contribution is -0.562. The van der Waals surface area contributed by atoms with Crippen LogP contribution in [-0.4, -0.2) is 71.8 Å². The molecule has 0 fully saturated rings. The van der Waals surface area contributed by atoms with Crippen molar-refractivity contribution in [1.29, 1.82) is 0 Å². The zero-order chi connectivity index (χ0) is 35.1. The van der Waals surface area contributed by atoms with Gasteiger partial charge in [-0.05, 0) is 44.3 Å². The Kier molecular flexibility index (Phi) is 16.8. The Morgan fingerprint density at radius 1 is 1.24 bits per heavy atom. The molecule has 2 amide bonds. The summed E-state index contributed by atoms with van der Waals surface area (Å²) in [6, 6.07) is 1.33. The number of aromatic hydroxyl groups is 2. The number of allylic oxidation sites excluding steroid dienone is 2. The van der Waals surface area contributed by atoms with Crippen LogP contribution in [0.1, 0.15) is 46.6 Å². The van der Waals surface area contributed by atoms with Gasteiger partial charge in [-0.15, -0.1) is 0 Å². The summed E-state index contributed by atoms with van der Waals surface area (Å²) in [5.74, 6) is -2.55.